The summed E-state index contributed by atoms with van der Waals surface area (Å²) in [6, 6.07) is 13.4. The average Bonchev–Trinajstić information content (AvgIpc) is 3.47. The van der Waals surface area contributed by atoms with Gasteiger partial charge < -0.3 is 14.8 Å². The molecule has 0 atom stereocenters. The van der Waals surface area contributed by atoms with Gasteiger partial charge in [-0.2, -0.15) is 10.5 Å². The van der Waals surface area contributed by atoms with Crippen LogP contribution in [0.4, 0.5) is 5.82 Å². The topological polar surface area (TPSA) is 135 Å². The van der Waals surface area contributed by atoms with E-state index in [1.54, 1.807) is 6.07 Å². The van der Waals surface area contributed by atoms with Crippen LogP contribution in [0.15, 0.2) is 40.7 Å². The number of aromatic nitrogens is 1. The SMILES string of the molecule is N#Cc1c(N)[nH+]c(SCC(=O)NCc2ccc3c(c2)OCO3)c(C#N)c1-c1cccs1. The van der Waals surface area contributed by atoms with E-state index in [2.05, 4.69) is 22.4 Å². The van der Waals surface area contributed by atoms with E-state index in [1.165, 1.54) is 11.3 Å². The van der Waals surface area contributed by atoms with Crippen LogP contribution in [0.3, 0.4) is 0 Å². The molecule has 3 heterocycles. The second kappa shape index (κ2) is 8.96. The van der Waals surface area contributed by atoms with Crippen LogP contribution in [0.25, 0.3) is 10.4 Å². The number of nitrogen functional groups attached to an aromatic ring is 1. The molecule has 4 rings (SSSR count). The number of nitrogens with zero attached hydrogens (tertiary/aromatic N) is 2. The number of anilines is 1. The molecule has 1 aliphatic rings. The van der Waals surface area contributed by atoms with Gasteiger partial charge >= 0.3 is 0 Å². The van der Waals surface area contributed by atoms with Crippen molar-refractivity contribution >= 4 is 34.8 Å². The molecule has 8 nitrogen and oxygen atoms in total. The lowest BCUT2D eigenvalue weighted by Gasteiger charge is -2.09. The van der Waals surface area contributed by atoms with Crippen molar-refractivity contribution in [2.24, 2.45) is 0 Å². The highest BCUT2D eigenvalue weighted by Crippen LogP contribution is 2.36. The normalized spacial score (nSPS) is 11.5. The van der Waals surface area contributed by atoms with Gasteiger partial charge in [0.15, 0.2) is 22.1 Å². The van der Waals surface area contributed by atoms with Gasteiger partial charge in [-0.1, -0.05) is 23.9 Å². The van der Waals surface area contributed by atoms with Crippen LogP contribution in [0.5, 0.6) is 11.5 Å². The van der Waals surface area contributed by atoms with Gasteiger partial charge in [0.2, 0.25) is 12.7 Å². The first-order chi connectivity index (χ1) is 15.1. The number of amides is 1. The Morgan fingerprint density at radius 1 is 1.23 bits per heavy atom. The lowest BCUT2D eigenvalue weighted by atomic mass is 10.0. The van der Waals surface area contributed by atoms with E-state index in [0.717, 1.165) is 22.2 Å². The summed E-state index contributed by atoms with van der Waals surface area (Å²) in [5, 5.41) is 24.4. The summed E-state index contributed by atoms with van der Waals surface area (Å²) in [6.07, 6.45) is 0. The zero-order valence-electron chi connectivity index (χ0n) is 16.1. The maximum atomic E-state index is 12.4. The number of rotatable bonds is 6. The van der Waals surface area contributed by atoms with Crippen molar-refractivity contribution in [1.29, 1.82) is 10.5 Å². The van der Waals surface area contributed by atoms with Crippen molar-refractivity contribution in [1.82, 2.24) is 5.32 Å². The van der Waals surface area contributed by atoms with Crippen molar-refractivity contribution in [2.75, 3.05) is 18.3 Å². The number of aromatic amines is 1. The molecule has 0 saturated carbocycles. The summed E-state index contributed by atoms with van der Waals surface area (Å²) < 4.78 is 10.6. The number of carbonyl (C=O) groups excluding carboxylic acids is 1. The minimum absolute atomic E-state index is 0.0744. The van der Waals surface area contributed by atoms with E-state index in [1.807, 2.05) is 29.6 Å². The fourth-order valence-electron chi connectivity index (χ4n) is 3.06. The number of fused-ring (bicyclic) bond motifs is 1. The molecule has 3 aromatic rings. The van der Waals surface area contributed by atoms with E-state index < -0.39 is 0 Å². The van der Waals surface area contributed by atoms with E-state index >= 15 is 0 Å². The number of ether oxygens (including phenoxy) is 2. The zero-order valence-corrected chi connectivity index (χ0v) is 17.7. The number of nitrogens with one attached hydrogen (secondary N) is 2. The maximum Gasteiger partial charge on any atom is 0.289 e. The molecule has 1 aliphatic heterocycles. The Hall–Kier alpha value is -3.73. The number of H-pyrrole nitrogens is 1. The zero-order chi connectivity index (χ0) is 21.8. The summed E-state index contributed by atoms with van der Waals surface area (Å²) in [5.41, 5.74) is 7.91. The van der Waals surface area contributed by atoms with Gasteiger partial charge in [0, 0.05) is 17.0 Å². The van der Waals surface area contributed by atoms with Crippen molar-refractivity contribution in [2.45, 2.75) is 11.6 Å². The molecule has 0 fully saturated rings. The summed E-state index contributed by atoms with van der Waals surface area (Å²) in [7, 11) is 0. The quantitative estimate of drug-likeness (QED) is 0.551. The van der Waals surface area contributed by atoms with Crippen LogP contribution in [0.1, 0.15) is 16.7 Å². The van der Waals surface area contributed by atoms with Crippen molar-refractivity contribution in [3.8, 4) is 34.1 Å². The molecule has 10 heteroatoms. The first kappa shape index (κ1) is 20.5. The number of benzene rings is 1. The molecule has 0 bridgehead atoms. The number of nitrogens with two attached hydrogens (primary N) is 1. The minimum atomic E-state index is -0.208. The molecule has 0 aliphatic carbocycles. The number of pyridine rings is 1. The Bertz CT molecular complexity index is 1230. The van der Waals surface area contributed by atoms with Crippen LogP contribution in [-0.2, 0) is 11.3 Å². The summed E-state index contributed by atoms with van der Waals surface area (Å²) >= 11 is 2.57. The highest BCUT2D eigenvalue weighted by molar-refractivity contribution is 7.99. The van der Waals surface area contributed by atoms with Gasteiger partial charge in [-0.05, 0) is 29.1 Å². The molecule has 0 saturated heterocycles. The van der Waals surface area contributed by atoms with Crippen LogP contribution < -0.4 is 25.5 Å². The van der Waals surface area contributed by atoms with Crippen LogP contribution in [0.2, 0.25) is 0 Å². The first-order valence-corrected chi connectivity index (χ1v) is 11.0. The highest BCUT2D eigenvalue weighted by Gasteiger charge is 2.24. The molecule has 1 amide bonds. The second-order valence-corrected chi connectivity index (χ2v) is 8.38. The van der Waals surface area contributed by atoms with Gasteiger partial charge in [-0.3, -0.25) is 10.5 Å². The largest absolute Gasteiger partial charge is 0.454 e. The van der Waals surface area contributed by atoms with Gasteiger partial charge in [0.05, 0.1) is 5.75 Å². The lowest BCUT2D eigenvalue weighted by molar-refractivity contribution is -0.410. The maximum absolute atomic E-state index is 12.4. The highest BCUT2D eigenvalue weighted by atomic mass is 32.2. The number of hydrogen-bond acceptors (Lipinski definition) is 8. The van der Waals surface area contributed by atoms with Crippen LogP contribution in [-0.4, -0.2) is 18.5 Å². The van der Waals surface area contributed by atoms with Crippen molar-refractivity contribution < 1.29 is 19.3 Å². The Labute approximate surface area is 186 Å². The molecule has 0 spiro atoms. The summed E-state index contributed by atoms with van der Waals surface area (Å²) in [6.45, 7) is 0.529. The molecule has 154 valence electrons. The number of hydrogen-bond donors (Lipinski definition) is 2. The summed E-state index contributed by atoms with van der Waals surface area (Å²) in [4.78, 5) is 16.0. The third-order valence-electron chi connectivity index (χ3n) is 4.51. The second-order valence-electron chi connectivity index (χ2n) is 6.45. The van der Waals surface area contributed by atoms with Crippen molar-refractivity contribution in [3.05, 3.63) is 52.4 Å². The molecule has 0 radical (unpaired) electrons. The predicted octanol–water partition coefficient (Wildman–Crippen LogP) is 2.69. The molecular weight excluding hydrogens is 434 g/mol. The molecule has 2 aromatic heterocycles. The van der Waals surface area contributed by atoms with E-state index in [0.29, 0.717) is 34.2 Å². The van der Waals surface area contributed by atoms with Gasteiger partial charge in [-0.15, -0.1) is 11.3 Å². The number of nitriles is 2. The van der Waals surface area contributed by atoms with Crippen LogP contribution >= 0.6 is 23.1 Å². The molecule has 31 heavy (non-hydrogen) atoms. The fraction of sp³-hybridized carbons (Fsp3) is 0.143. The van der Waals surface area contributed by atoms with E-state index in [4.69, 9.17) is 15.2 Å². The number of carbonyl (C=O) groups is 1. The van der Waals surface area contributed by atoms with Crippen LogP contribution in [0, 0.1) is 22.7 Å². The van der Waals surface area contributed by atoms with E-state index in [-0.39, 0.29) is 29.8 Å². The van der Waals surface area contributed by atoms with Gasteiger partial charge in [0.25, 0.3) is 5.82 Å². The minimum Gasteiger partial charge on any atom is -0.454 e. The number of thioether (sulfide) groups is 1. The smallest absolute Gasteiger partial charge is 0.289 e. The monoisotopic (exact) mass is 450 g/mol. The van der Waals surface area contributed by atoms with Crippen molar-refractivity contribution in [3.63, 3.8) is 0 Å². The lowest BCUT2D eigenvalue weighted by Crippen LogP contribution is -2.26. The van der Waals surface area contributed by atoms with E-state index in [9.17, 15) is 15.3 Å². The number of thiophene rings is 1. The average molecular weight is 451 g/mol. The third kappa shape index (κ3) is 4.26. The first-order valence-electron chi connectivity index (χ1n) is 9.11. The predicted molar refractivity (Wildman–Crippen MR) is 115 cm³/mol. The molecular formula is C21H16N5O3S2+. The Balaban J connectivity index is 1.47. The molecule has 0 unspecified atom stereocenters. The molecule has 1 aromatic carbocycles. The van der Waals surface area contributed by atoms with Gasteiger partial charge in [-0.25, -0.2) is 4.98 Å². The van der Waals surface area contributed by atoms with Gasteiger partial charge in [0.1, 0.15) is 17.7 Å². The Morgan fingerprint density at radius 3 is 2.77 bits per heavy atom. The third-order valence-corrected chi connectivity index (χ3v) is 6.40. The Morgan fingerprint density at radius 2 is 2.03 bits per heavy atom. The Kier molecular flexibility index (Phi) is 5.94. The summed E-state index contributed by atoms with van der Waals surface area (Å²) in [5.74, 6) is 1.37. The fourth-order valence-corrected chi connectivity index (χ4v) is 4.69. The molecule has 4 N–H and O–H groups in total. The standard InChI is InChI=1S/C21H15N5O3S2/c22-7-13-19(17-2-1-5-30-17)14(8-23)21(26-20(13)24)31-10-18(27)25-9-12-3-4-15-16(6-12)29-11-28-15/h1-6H,9-11H2,(H2,24,26)(H,25,27)/p+1.